The number of amides is 3. The number of urea groups is 1. The summed E-state index contributed by atoms with van der Waals surface area (Å²) >= 11 is 1.21. The Kier molecular flexibility index (Phi) is 5.21. The van der Waals surface area contributed by atoms with Crippen molar-refractivity contribution in [1.82, 2.24) is 25.4 Å². The van der Waals surface area contributed by atoms with Crippen LogP contribution in [0.2, 0.25) is 0 Å². The number of carbonyl (C=O) groups is 2. The number of aryl methyl sites for hydroxylation is 1. The van der Waals surface area contributed by atoms with E-state index >= 15 is 0 Å². The van der Waals surface area contributed by atoms with E-state index in [1.807, 2.05) is 20.0 Å². The zero-order valence-corrected chi connectivity index (χ0v) is 13.4. The van der Waals surface area contributed by atoms with E-state index < -0.39 is 6.03 Å². The lowest BCUT2D eigenvalue weighted by Crippen LogP contribution is -2.40. The van der Waals surface area contributed by atoms with Crippen LogP contribution in [-0.2, 0) is 11.8 Å². The lowest BCUT2D eigenvalue weighted by molar-refractivity contribution is -0.117. The van der Waals surface area contributed by atoms with Crippen LogP contribution in [0.1, 0.15) is 12.7 Å². The summed E-state index contributed by atoms with van der Waals surface area (Å²) in [6.45, 7) is 4.08. The Morgan fingerprint density at radius 2 is 2.18 bits per heavy atom. The first kappa shape index (κ1) is 16.1. The Morgan fingerprint density at radius 3 is 2.82 bits per heavy atom. The fourth-order valence-corrected chi connectivity index (χ4v) is 2.50. The van der Waals surface area contributed by atoms with Crippen molar-refractivity contribution in [2.24, 2.45) is 7.05 Å². The summed E-state index contributed by atoms with van der Waals surface area (Å²) in [7, 11) is 1.81. The molecule has 0 unspecified atom stereocenters. The Balaban J connectivity index is 1.97. The summed E-state index contributed by atoms with van der Waals surface area (Å²) in [5.41, 5.74) is 0.855. The summed E-state index contributed by atoms with van der Waals surface area (Å²) in [5.74, 6) is 1.10. The Bertz CT molecular complexity index is 679. The minimum absolute atomic E-state index is 0.0769. The maximum Gasteiger partial charge on any atom is 0.321 e. The number of aromatic nitrogens is 3. The third-order valence-corrected chi connectivity index (χ3v) is 3.88. The van der Waals surface area contributed by atoms with Gasteiger partial charge in [0.15, 0.2) is 11.0 Å². The lowest BCUT2D eigenvalue weighted by Gasteiger charge is -2.05. The Morgan fingerprint density at radius 1 is 1.41 bits per heavy atom. The average molecular weight is 323 g/mol. The van der Waals surface area contributed by atoms with Crippen LogP contribution < -0.4 is 10.6 Å². The zero-order chi connectivity index (χ0) is 16.1. The largest absolute Gasteiger partial charge is 0.469 e. The summed E-state index contributed by atoms with van der Waals surface area (Å²) in [6.07, 6.45) is 1.59. The van der Waals surface area contributed by atoms with Gasteiger partial charge in [-0.05, 0) is 19.9 Å². The second-order valence-corrected chi connectivity index (χ2v) is 5.39. The number of furan rings is 1. The molecule has 2 rings (SSSR count). The third kappa shape index (κ3) is 3.67. The summed E-state index contributed by atoms with van der Waals surface area (Å²) in [4.78, 5) is 22.9. The first-order valence-corrected chi connectivity index (χ1v) is 7.65. The zero-order valence-electron chi connectivity index (χ0n) is 12.5. The van der Waals surface area contributed by atoms with Crippen molar-refractivity contribution in [2.75, 3.05) is 12.3 Å². The van der Waals surface area contributed by atoms with Crippen molar-refractivity contribution >= 4 is 23.7 Å². The molecule has 0 radical (unpaired) electrons. The molecule has 0 saturated heterocycles. The fraction of sp³-hybridized carbons (Fsp3) is 0.385. The quantitative estimate of drug-likeness (QED) is 0.805. The predicted octanol–water partition coefficient (Wildman–Crippen LogP) is 1.32. The number of carbonyl (C=O) groups excluding carboxylic acids is 2. The third-order valence-electron chi connectivity index (χ3n) is 2.86. The molecule has 0 aromatic carbocycles. The van der Waals surface area contributed by atoms with Crippen LogP contribution in [0, 0.1) is 6.92 Å². The van der Waals surface area contributed by atoms with Crippen LogP contribution in [0.15, 0.2) is 21.9 Å². The number of nitrogens with zero attached hydrogens (tertiary/aromatic N) is 3. The van der Waals surface area contributed by atoms with Gasteiger partial charge >= 0.3 is 6.03 Å². The molecule has 2 N–H and O–H groups in total. The summed E-state index contributed by atoms with van der Waals surface area (Å²) in [6, 6.07) is 1.32. The van der Waals surface area contributed by atoms with E-state index in [0.717, 1.165) is 11.3 Å². The van der Waals surface area contributed by atoms with Gasteiger partial charge in [-0.25, -0.2) is 4.79 Å². The highest BCUT2D eigenvalue weighted by Crippen LogP contribution is 2.25. The monoisotopic (exact) mass is 323 g/mol. The van der Waals surface area contributed by atoms with Crippen LogP contribution in [0.25, 0.3) is 11.4 Å². The SMILES string of the molecule is CCNC(=O)NC(=O)CSc1nnc(-c2ccoc2C)n1C. The van der Waals surface area contributed by atoms with Crippen LogP contribution >= 0.6 is 11.8 Å². The van der Waals surface area contributed by atoms with Gasteiger partial charge in [0.05, 0.1) is 17.6 Å². The first-order chi connectivity index (χ1) is 10.5. The van der Waals surface area contributed by atoms with E-state index in [-0.39, 0.29) is 11.7 Å². The van der Waals surface area contributed by atoms with Gasteiger partial charge in [0.1, 0.15) is 5.76 Å². The molecular weight excluding hydrogens is 306 g/mol. The van der Waals surface area contributed by atoms with Gasteiger partial charge in [0.2, 0.25) is 5.91 Å². The molecule has 0 aliphatic carbocycles. The van der Waals surface area contributed by atoms with Gasteiger partial charge in [0, 0.05) is 13.6 Å². The molecular formula is C13H17N5O3S. The molecule has 0 aliphatic heterocycles. The maximum absolute atomic E-state index is 11.6. The Labute approximate surface area is 131 Å². The summed E-state index contributed by atoms with van der Waals surface area (Å²) < 4.78 is 7.03. The van der Waals surface area contributed by atoms with E-state index in [1.54, 1.807) is 17.8 Å². The standard InChI is InChI=1S/C13H17N5O3S/c1-4-14-12(20)15-10(19)7-22-13-17-16-11(18(13)3)9-5-6-21-8(9)2/h5-6H,4,7H2,1-3H3,(H2,14,15,19,20). The smallest absolute Gasteiger partial charge is 0.321 e. The van der Waals surface area contributed by atoms with Crippen LogP contribution in [0.3, 0.4) is 0 Å². The first-order valence-electron chi connectivity index (χ1n) is 6.67. The maximum atomic E-state index is 11.6. The highest BCUT2D eigenvalue weighted by Gasteiger charge is 2.16. The predicted molar refractivity (Wildman–Crippen MR) is 81.4 cm³/mol. The Hall–Kier alpha value is -2.29. The minimum Gasteiger partial charge on any atom is -0.469 e. The van der Waals surface area contributed by atoms with Crippen molar-refractivity contribution in [3.05, 3.63) is 18.1 Å². The number of thioether (sulfide) groups is 1. The lowest BCUT2D eigenvalue weighted by atomic mass is 10.2. The van der Waals surface area contributed by atoms with Crippen LogP contribution in [-0.4, -0.2) is 39.0 Å². The van der Waals surface area contributed by atoms with Crippen molar-refractivity contribution in [1.29, 1.82) is 0 Å². The molecule has 0 saturated carbocycles. The van der Waals surface area contributed by atoms with Crippen LogP contribution in [0.5, 0.6) is 0 Å². The number of rotatable bonds is 5. The molecule has 2 aromatic rings. The van der Waals surface area contributed by atoms with Crippen molar-refractivity contribution in [3.63, 3.8) is 0 Å². The van der Waals surface area contributed by atoms with Gasteiger partial charge in [-0.1, -0.05) is 11.8 Å². The molecule has 8 nitrogen and oxygen atoms in total. The molecule has 0 aliphatic rings. The molecule has 0 bridgehead atoms. The number of imide groups is 1. The van der Waals surface area contributed by atoms with E-state index in [9.17, 15) is 9.59 Å². The van der Waals surface area contributed by atoms with Crippen molar-refractivity contribution < 1.29 is 14.0 Å². The minimum atomic E-state index is -0.499. The molecule has 0 fully saturated rings. The molecule has 22 heavy (non-hydrogen) atoms. The van der Waals surface area contributed by atoms with Gasteiger partial charge in [-0.2, -0.15) is 0 Å². The molecule has 0 spiro atoms. The van der Waals surface area contributed by atoms with Gasteiger partial charge in [-0.3, -0.25) is 10.1 Å². The molecule has 2 heterocycles. The molecule has 2 aromatic heterocycles. The highest BCUT2D eigenvalue weighted by molar-refractivity contribution is 7.99. The van der Waals surface area contributed by atoms with Crippen molar-refractivity contribution in [2.45, 2.75) is 19.0 Å². The topological polar surface area (TPSA) is 102 Å². The van der Waals surface area contributed by atoms with Gasteiger partial charge < -0.3 is 14.3 Å². The number of hydrogen-bond acceptors (Lipinski definition) is 6. The number of hydrogen-bond donors (Lipinski definition) is 2. The molecule has 9 heteroatoms. The highest BCUT2D eigenvalue weighted by atomic mass is 32.2. The average Bonchev–Trinajstić information content (AvgIpc) is 3.03. The van der Waals surface area contributed by atoms with E-state index in [2.05, 4.69) is 20.8 Å². The van der Waals surface area contributed by atoms with E-state index in [1.165, 1.54) is 11.8 Å². The van der Waals surface area contributed by atoms with Gasteiger partial charge in [-0.15, -0.1) is 10.2 Å². The van der Waals surface area contributed by atoms with Gasteiger partial charge in [0.25, 0.3) is 0 Å². The molecule has 118 valence electrons. The molecule has 3 amide bonds. The van der Waals surface area contributed by atoms with Crippen molar-refractivity contribution in [3.8, 4) is 11.4 Å². The van der Waals surface area contributed by atoms with E-state index in [0.29, 0.717) is 17.5 Å². The normalized spacial score (nSPS) is 10.5. The van der Waals surface area contributed by atoms with Crippen LogP contribution in [0.4, 0.5) is 4.79 Å². The number of nitrogens with one attached hydrogen (secondary N) is 2. The second kappa shape index (κ2) is 7.12. The fourth-order valence-electron chi connectivity index (χ4n) is 1.79. The summed E-state index contributed by atoms with van der Waals surface area (Å²) in [5, 5.41) is 13.5. The second-order valence-electron chi connectivity index (χ2n) is 4.45. The van der Waals surface area contributed by atoms with E-state index in [4.69, 9.17) is 4.42 Å². The molecule has 0 atom stereocenters.